The van der Waals surface area contributed by atoms with Gasteiger partial charge in [0.15, 0.2) is 11.6 Å². The van der Waals surface area contributed by atoms with Crippen LogP contribution in [0.3, 0.4) is 0 Å². The van der Waals surface area contributed by atoms with E-state index in [4.69, 9.17) is 10.2 Å². The van der Waals surface area contributed by atoms with Crippen LogP contribution in [-0.4, -0.2) is 19.6 Å². The largest absolute Gasteiger partial charge is 2.00 e. The van der Waals surface area contributed by atoms with E-state index in [0.29, 0.717) is 0 Å². The number of rotatable bonds is 5. The number of hydrogen-bond donors (Lipinski definition) is 0. The van der Waals surface area contributed by atoms with Crippen molar-refractivity contribution >= 4 is 17.3 Å². The van der Waals surface area contributed by atoms with Crippen LogP contribution in [0.4, 0.5) is 17.3 Å². The third-order valence-corrected chi connectivity index (χ3v) is 6.04. The number of hydrogen-bond acceptors (Lipinski definition) is 3. The molecule has 0 amide bonds. The molecule has 2 heterocycles. The maximum Gasteiger partial charge on any atom is 2.00 e. The van der Waals surface area contributed by atoms with Gasteiger partial charge in [-0.15, -0.1) is 12.1 Å². The number of anilines is 3. The smallest absolute Gasteiger partial charge is 0.276 e. The summed E-state index contributed by atoms with van der Waals surface area (Å²) in [5.74, 6) is 1.59. The van der Waals surface area contributed by atoms with Gasteiger partial charge < -0.3 is 0 Å². The summed E-state index contributed by atoms with van der Waals surface area (Å²) in [6.45, 7) is 10.8. The summed E-state index contributed by atoms with van der Waals surface area (Å²) in [7, 11) is 0. The van der Waals surface area contributed by atoms with Crippen LogP contribution in [0.25, 0.3) is 11.4 Å². The van der Waals surface area contributed by atoms with Gasteiger partial charge in [-0.2, -0.15) is 58.7 Å². The third kappa shape index (κ3) is 5.07. The molecule has 0 aliphatic rings. The molecule has 0 bridgehead atoms. The van der Waals surface area contributed by atoms with Crippen molar-refractivity contribution in [3.63, 3.8) is 0 Å². The predicted molar refractivity (Wildman–Crippen MR) is 141 cm³/mol. The van der Waals surface area contributed by atoms with Crippen molar-refractivity contribution in [1.29, 1.82) is 0 Å². The minimum absolute atomic E-state index is 0. The van der Waals surface area contributed by atoms with E-state index in [1.165, 1.54) is 5.56 Å². The molecular formula is C30H29N5Pt. The van der Waals surface area contributed by atoms with Gasteiger partial charge in [0.1, 0.15) is 0 Å². The normalized spacial score (nSPS) is 11.2. The van der Waals surface area contributed by atoms with Crippen LogP contribution in [0.15, 0.2) is 84.9 Å². The van der Waals surface area contributed by atoms with E-state index < -0.39 is 0 Å². The van der Waals surface area contributed by atoms with Crippen molar-refractivity contribution in [2.24, 2.45) is 0 Å². The van der Waals surface area contributed by atoms with Crippen molar-refractivity contribution in [1.82, 2.24) is 19.6 Å². The SMILES string of the molecule is Cc1cc(N(c2ccc(C(C)(C)C)cc2)c2cc(C)n(-c3[c-]cccc3)n2)nn1-c1[c-]cccc1.[Pt+2]. The van der Waals surface area contributed by atoms with Gasteiger partial charge >= 0.3 is 21.1 Å². The van der Waals surface area contributed by atoms with Crippen molar-refractivity contribution in [3.8, 4) is 11.4 Å². The van der Waals surface area contributed by atoms with Crippen molar-refractivity contribution in [2.75, 3.05) is 4.90 Å². The summed E-state index contributed by atoms with van der Waals surface area (Å²) in [4.78, 5) is 2.10. The van der Waals surface area contributed by atoms with Crippen LogP contribution in [0.2, 0.25) is 0 Å². The number of aromatic nitrogens is 4. The second-order valence-electron chi connectivity index (χ2n) is 9.74. The molecule has 0 N–H and O–H groups in total. The standard InChI is InChI=1S/C30H29N5.Pt/c1-22-20-28(31-34(22)26-12-8-6-9-13-26)33(25-18-16-24(17-19-25)30(3,4)5)29-21-23(2)35(32-29)27-14-10-7-11-15-27;/h6-12,14,16-21H,1-5H3;/q-2;+2. The summed E-state index contributed by atoms with van der Waals surface area (Å²) >= 11 is 0. The van der Waals surface area contributed by atoms with E-state index in [9.17, 15) is 0 Å². The molecule has 184 valence electrons. The average Bonchev–Trinajstić information content (AvgIpc) is 3.42. The van der Waals surface area contributed by atoms with Gasteiger partial charge in [0.2, 0.25) is 0 Å². The summed E-state index contributed by atoms with van der Waals surface area (Å²) in [5, 5.41) is 9.94. The Hall–Kier alpha value is -3.43. The number of benzene rings is 3. The van der Waals surface area contributed by atoms with Gasteiger partial charge in [0.25, 0.3) is 0 Å². The first-order chi connectivity index (χ1) is 16.8. The summed E-state index contributed by atoms with van der Waals surface area (Å²) in [5.41, 5.74) is 6.20. The Labute approximate surface area is 227 Å². The second-order valence-corrected chi connectivity index (χ2v) is 9.74. The monoisotopic (exact) mass is 654 g/mol. The van der Waals surface area contributed by atoms with Gasteiger partial charge in [-0.3, -0.25) is 14.3 Å². The minimum atomic E-state index is 0. The maximum atomic E-state index is 4.97. The molecule has 5 aromatic rings. The molecule has 3 aromatic carbocycles. The van der Waals surface area contributed by atoms with Crippen LogP contribution < -0.4 is 4.90 Å². The first kappa shape index (κ1) is 25.7. The van der Waals surface area contributed by atoms with Crippen molar-refractivity contribution in [3.05, 3.63) is 114 Å². The van der Waals surface area contributed by atoms with Gasteiger partial charge in [0, 0.05) is 29.2 Å². The molecule has 5 nitrogen and oxygen atoms in total. The van der Waals surface area contributed by atoms with Gasteiger partial charge in [0.05, 0.1) is 0 Å². The van der Waals surface area contributed by atoms with E-state index >= 15 is 0 Å². The average molecular weight is 655 g/mol. The molecule has 0 fully saturated rings. The predicted octanol–water partition coefficient (Wildman–Crippen LogP) is 7.04. The van der Waals surface area contributed by atoms with Gasteiger partial charge in [-0.1, -0.05) is 32.9 Å². The molecule has 0 aliphatic carbocycles. The van der Waals surface area contributed by atoms with Crippen LogP contribution in [0, 0.1) is 26.0 Å². The first-order valence-corrected chi connectivity index (χ1v) is 11.8. The minimum Gasteiger partial charge on any atom is -0.276 e. The first-order valence-electron chi connectivity index (χ1n) is 11.8. The fraction of sp³-hybridized carbons (Fsp3) is 0.200. The molecule has 0 saturated heterocycles. The van der Waals surface area contributed by atoms with E-state index in [1.54, 1.807) is 0 Å². The Balaban J connectivity index is 0.00000304. The van der Waals surface area contributed by atoms with E-state index in [-0.39, 0.29) is 26.5 Å². The quantitative estimate of drug-likeness (QED) is 0.191. The maximum absolute atomic E-state index is 4.97. The molecule has 0 radical (unpaired) electrons. The summed E-state index contributed by atoms with van der Waals surface area (Å²) in [6, 6.07) is 35.1. The summed E-state index contributed by atoms with van der Waals surface area (Å²) < 4.78 is 3.83. The molecule has 0 saturated carbocycles. The fourth-order valence-corrected chi connectivity index (χ4v) is 4.15. The van der Waals surface area contributed by atoms with E-state index in [2.05, 4.69) is 88.0 Å². The molecule has 0 atom stereocenters. The number of para-hydroxylation sites is 2. The topological polar surface area (TPSA) is 38.9 Å². The Morgan fingerprint density at radius 3 is 1.56 bits per heavy atom. The molecule has 0 spiro atoms. The Morgan fingerprint density at radius 1 is 0.694 bits per heavy atom. The fourth-order valence-electron chi connectivity index (χ4n) is 4.15. The Kier molecular flexibility index (Phi) is 7.33. The number of aryl methyl sites for hydroxylation is 2. The van der Waals surface area contributed by atoms with Gasteiger partial charge in [-0.05, 0) is 48.3 Å². The summed E-state index contributed by atoms with van der Waals surface area (Å²) in [6.07, 6.45) is 0. The molecule has 2 aromatic heterocycles. The van der Waals surface area contributed by atoms with E-state index in [0.717, 1.165) is 40.1 Å². The van der Waals surface area contributed by atoms with Crippen molar-refractivity contribution < 1.29 is 21.1 Å². The molecule has 0 unspecified atom stereocenters. The van der Waals surface area contributed by atoms with Crippen LogP contribution in [-0.2, 0) is 26.5 Å². The Morgan fingerprint density at radius 2 is 1.17 bits per heavy atom. The zero-order valence-corrected chi connectivity index (χ0v) is 23.4. The number of nitrogens with zero attached hydrogens (tertiary/aromatic N) is 5. The molecular weight excluding hydrogens is 625 g/mol. The Bertz CT molecular complexity index is 1340. The van der Waals surface area contributed by atoms with Crippen molar-refractivity contribution in [2.45, 2.75) is 40.0 Å². The van der Waals surface area contributed by atoms with E-state index in [1.807, 2.05) is 57.9 Å². The zero-order valence-electron chi connectivity index (χ0n) is 21.1. The molecule has 5 rings (SSSR count). The van der Waals surface area contributed by atoms with Crippen LogP contribution >= 0.6 is 0 Å². The zero-order chi connectivity index (χ0) is 24.6. The van der Waals surface area contributed by atoms with Crippen LogP contribution in [0.1, 0.15) is 37.7 Å². The van der Waals surface area contributed by atoms with Crippen LogP contribution in [0.5, 0.6) is 0 Å². The second kappa shape index (κ2) is 10.3. The van der Waals surface area contributed by atoms with Gasteiger partial charge in [-0.25, -0.2) is 0 Å². The molecule has 6 heteroatoms. The molecule has 0 aliphatic heterocycles. The molecule has 36 heavy (non-hydrogen) atoms. The third-order valence-electron chi connectivity index (χ3n) is 6.04.